The molecule has 0 radical (unpaired) electrons. The van der Waals surface area contributed by atoms with Crippen molar-refractivity contribution in [1.29, 1.82) is 0 Å². The first-order valence-corrected chi connectivity index (χ1v) is 10.6. The van der Waals surface area contributed by atoms with Crippen LogP contribution in [0, 0.1) is 0 Å². The van der Waals surface area contributed by atoms with E-state index in [1.807, 2.05) is 54.6 Å². The van der Waals surface area contributed by atoms with Crippen LogP contribution >= 0.6 is 36.4 Å². The molecule has 0 aliphatic carbocycles. The standard InChI is InChI=1S/C25H27ClN2O.2ClH/c26-22-12-7-13-23(18-22)28-16-14-27(15-17-28)19-24(29)25(20-8-3-1-4-9-20)21-10-5-2-6-11-21;;/h1-13,18,24-25,29H,14-17,19H2;2*1H. The second-order valence-electron chi connectivity index (χ2n) is 7.63. The van der Waals surface area contributed by atoms with Gasteiger partial charge in [0.2, 0.25) is 0 Å². The highest BCUT2D eigenvalue weighted by Crippen LogP contribution is 2.29. The van der Waals surface area contributed by atoms with Crippen molar-refractivity contribution in [1.82, 2.24) is 4.90 Å². The minimum Gasteiger partial charge on any atom is -0.391 e. The van der Waals surface area contributed by atoms with Gasteiger partial charge in [-0.2, -0.15) is 0 Å². The van der Waals surface area contributed by atoms with Gasteiger partial charge in [0, 0.05) is 49.4 Å². The Kier molecular flexibility index (Phi) is 10.1. The minimum atomic E-state index is -0.461. The summed E-state index contributed by atoms with van der Waals surface area (Å²) in [5, 5.41) is 12.0. The van der Waals surface area contributed by atoms with E-state index in [-0.39, 0.29) is 30.7 Å². The number of piperazine rings is 1. The molecule has 3 aromatic rings. The van der Waals surface area contributed by atoms with E-state index in [0.29, 0.717) is 6.54 Å². The lowest BCUT2D eigenvalue weighted by Crippen LogP contribution is -2.49. The van der Waals surface area contributed by atoms with Crippen molar-refractivity contribution in [2.24, 2.45) is 0 Å². The first-order valence-electron chi connectivity index (χ1n) is 10.2. The van der Waals surface area contributed by atoms with Gasteiger partial charge in [-0.05, 0) is 29.3 Å². The van der Waals surface area contributed by atoms with Crippen molar-refractivity contribution < 1.29 is 5.11 Å². The molecule has 1 heterocycles. The predicted molar refractivity (Wildman–Crippen MR) is 135 cm³/mol. The van der Waals surface area contributed by atoms with Crippen LogP contribution in [0.15, 0.2) is 84.9 Å². The number of benzene rings is 3. The van der Waals surface area contributed by atoms with Crippen molar-refractivity contribution in [3.63, 3.8) is 0 Å². The van der Waals surface area contributed by atoms with Crippen molar-refractivity contribution >= 4 is 42.1 Å². The van der Waals surface area contributed by atoms with Crippen LogP contribution in [-0.2, 0) is 0 Å². The van der Waals surface area contributed by atoms with Crippen LogP contribution in [-0.4, -0.2) is 48.8 Å². The summed E-state index contributed by atoms with van der Waals surface area (Å²) in [5.74, 6) is -0.0247. The third-order valence-electron chi connectivity index (χ3n) is 5.69. The molecule has 6 heteroatoms. The summed E-state index contributed by atoms with van der Waals surface area (Å²) in [5.41, 5.74) is 3.48. The molecule has 1 atom stereocenters. The SMILES string of the molecule is Cl.Cl.OC(CN1CCN(c2cccc(Cl)c2)CC1)C(c1ccccc1)c1ccccc1. The number of hydrogen-bond acceptors (Lipinski definition) is 3. The van der Waals surface area contributed by atoms with Crippen molar-refractivity contribution in [3.8, 4) is 0 Å². The maximum absolute atomic E-state index is 11.2. The molecule has 3 nitrogen and oxygen atoms in total. The fraction of sp³-hybridized carbons (Fsp3) is 0.280. The van der Waals surface area contributed by atoms with Crippen molar-refractivity contribution in [3.05, 3.63) is 101 Å². The van der Waals surface area contributed by atoms with Gasteiger partial charge in [-0.15, -0.1) is 24.8 Å². The lowest BCUT2D eigenvalue weighted by Gasteiger charge is -2.38. The summed E-state index contributed by atoms with van der Waals surface area (Å²) in [6.07, 6.45) is -0.461. The first kappa shape index (κ1) is 25.5. The molecular weight excluding hydrogens is 451 g/mol. The highest BCUT2D eigenvalue weighted by atomic mass is 35.5. The Balaban J connectivity index is 0.00000171. The topological polar surface area (TPSA) is 26.7 Å². The maximum atomic E-state index is 11.2. The average Bonchev–Trinajstić information content (AvgIpc) is 2.76. The van der Waals surface area contributed by atoms with Crippen LogP contribution in [0.2, 0.25) is 5.02 Å². The molecule has 31 heavy (non-hydrogen) atoms. The number of aliphatic hydroxyl groups excluding tert-OH is 1. The third kappa shape index (κ3) is 6.61. The molecule has 1 saturated heterocycles. The molecule has 4 rings (SSSR count). The predicted octanol–water partition coefficient (Wildman–Crippen LogP) is 5.50. The summed E-state index contributed by atoms with van der Waals surface area (Å²) >= 11 is 6.14. The van der Waals surface area contributed by atoms with E-state index in [1.165, 1.54) is 5.69 Å². The van der Waals surface area contributed by atoms with E-state index < -0.39 is 6.10 Å². The zero-order chi connectivity index (χ0) is 20.1. The number of hydrogen-bond donors (Lipinski definition) is 1. The lowest BCUT2D eigenvalue weighted by atomic mass is 9.86. The average molecular weight is 480 g/mol. The Morgan fingerprint density at radius 1 is 0.742 bits per heavy atom. The summed E-state index contributed by atoms with van der Waals surface area (Å²) in [4.78, 5) is 4.73. The number of anilines is 1. The van der Waals surface area contributed by atoms with E-state index in [9.17, 15) is 5.11 Å². The Bertz CT molecular complexity index is 863. The zero-order valence-corrected chi connectivity index (χ0v) is 19.7. The number of β-amino-alcohol motifs (C(OH)–C–C–N with tert-alkyl or cyclic N) is 1. The van der Waals surface area contributed by atoms with Gasteiger partial charge in [0.15, 0.2) is 0 Å². The van der Waals surface area contributed by atoms with Gasteiger partial charge in [-0.1, -0.05) is 78.3 Å². The van der Waals surface area contributed by atoms with Crippen LogP contribution in [0.25, 0.3) is 0 Å². The molecule has 1 N–H and O–H groups in total. The van der Waals surface area contributed by atoms with Crippen LogP contribution in [0.1, 0.15) is 17.0 Å². The monoisotopic (exact) mass is 478 g/mol. The van der Waals surface area contributed by atoms with E-state index >= 15 is 0 Å². The molecule has 1 aliphatic heterocycles. The lowest BCUT2D eigenvalue weighted by molar-refractivity contribution is 0.0962. The van der Waals surface area contributed by atoms with Gasteiger partial charge >= 0.3 is 0 Å². The zero-order valence-electron chi connectivity index (χ0n) is 17.3. The van der Waals surface area contributed by atoms with E-state index in [2.05, 4.69) is 40.1 Å². The van der Waals surface area contributed by atoms with Crippen molar-refractivity contribution in [2.75, 3.05) is 37.6 Å². The minimum absolute atomic E-state index is 0. The van der Waals surface area contributed by atoms with E-state index in [4.69, 9.17) is 11.6 Å². The van der Waals surface area contributed by atoms with Crippen LogP contribution in [0.3, 0.4) is 0 Å². The fourth-order valence-electron chi connectivity index (χ4n) is 4.19. The van der Waals surface area contributed by atoms with Gasteiger partial charge < -0.3 is 10.0 Å². The second-order valence-corrected chi connectivity index (χ2v) is 8.07. The molecule has 0 saturated carbocycles. The molecule has 0 bridgehead atoms. The number of halogens is 3. The largest absolute Gasteiger partial charge is 0.391 e. The molecule has 1 aliphatic rings. The fourth-order valence-corrected chi connectivity index (χ4v) is 4.37. The molecule has 0 aromatic heterocycles. The smallest absolute Gasteiger partial charge is 0.0776 e. The highest BCUT2D eigenvalue weighted by molar-refractivity contribution is 6.30. The normalized spacial score (nSPS) is 15.1. The molecule has 3 aromatic carbocycles. The Hall–Kier alpha value is -1.75. The van der Waals surface area contributed by atoms with Gasteiger partial charge in [0.25, 0.3) is 0 Å². The summed E-state index contributed by atoms with van der Waals surface area (Å²) in [7, 11) is 0. The summed E-state index contributed by atoms with van der Waals surface area (Å²) < 4.78 is 0. The molecule has 0 spiro atoms. The number of rotatable bonds is 6. The van der Waals surface area contributed by atoms with Gasteiger partial charge in [-0.3, -0.25) is 4.90 Å². The summed E-state index contributed by atoms with van der Waals surface area (Å²) in [6, 6.07) is 28.7. The third-order valence-corrected chi connectivity index (χ3v) is 5.93. The molecular formula is C25H29Cl3N2O. The molecule has 1 fully saturated rings. The number of nitrogens with zero attached hydrogens (tertiary/aromatic N) is 2. The molecule has 1 unspecified atom stereocenters. The molecule has 0 amide bonds. The quantitative estimate of drug-likeness (QED) is 0.506. The summed E-state index contributed by atoms with van der Waals surface area (Å²) in [6.45, 7) is 4.40. The van der Waals surface area contributed by atoms with E-state index in [1.54, 1.807) is 0 Å². The van der Waals surface area contributed by atoms with Gasteiger partial charge in [0.1, 0.15) is 0 Å². The van der Waals surface area contributed by atoms with E-state index in [0.717, 1.165) is 42.3 Å². The Labute approximate surface area is 202 Å². The maximum Gasteiger partial charge on any atom is 0.0776 e. The van der Waals surface area contributed by atoms with Gasteiger partial charge in [-0.25, -0.2) is 0 Å². The van der Waals surface area contributed by atoms with Crippen molar-refractivity contribution in [2.45, 2.75) is 12.0 Å². The van der Waals surface area contributed by atoms with Gasteiger partial charge in [0.05, 0.1) is 6.10 Å². The van der Waals surface area contributed by atoms with Crippen LogP contribution < -0.4 is 4.90 Å². The Morgan fingerprint density at radius 3 is 1.81 bits per heavy atom. The van der Waals surface area contributed by atoms with Crippen LogP contribution in [0.4, 0.5) is 5.69 Å². The second kappa shape index (κ2) is 12.3. The highest BCUT2D eigenvalue weighted by Gasteiger charge is 2.27. The first-order chi connectivity index (χ1) is 14.2. The number of aliphatic hydroxyl groups is 1. The Morgan fingerprint density at radius 2 is 1.29 bits per heavy atom. The molecule has 166 valence electrons. The van der Waals surface area contributed by atoms with Crippen LogP contribution in [0.5, 0.6) is 0 Å².